The molecule has 146 valence electrons. The van der Waals surface area contributed by atoms with E-state index in [1.807, 2.05) is 30.6 Å². The smallest absolute Gasteiger partial charge is 0.211 e. The summed E-state index contributed by atoms with van der Waals surface area (Å²) >= 11 is 0. The fourth-order valence-corrected chi connectivity index (χ4v) is 4.12. The van der Waals surface area contributed by atoms with Crippen molar-refractivity contribution in [3.63, 3.8) is 0 Å². The van der Waals surface area contributed by atoms with Gasteiger partial charge in [0.1, 0.15) is 11.4 Å². The molecule has 5 rings (SSSR count). The average molecular weight is 379 g/mol. The van der Waals surface area contributed by atoms with E-state index in [-0.39, 0.29) is 6.04 Å². The van der Waals surface area contributed by atoms with E-state index in [0.29, 0.717) is 0 Å². The number of hydrogen-bond acceptors (Lipinski definition) is 7. The molecule has 2 aliphatic heterocycles. The number of fused-ring (bicyclic) bond motifs is 2. The van der Waals surface area contributed by atoms with Gasteiger partial charge in [0, 0.05) is 57.7 Å². The van der Waals surface area contributed by atoms with E-state index < -0.39 is 0 Å². The molecular formula is C20H25N7O. The van der Waals surface area contributed by atoms with Crippen LogP contribution in [0.3, 0.4) is 0 Å². The third kappa shape index (κ3) is 3.18. The Hall–Kier alpha value is -2.71. The lowest BCUT2D eigenvalue weighted by atomic mass is 10.1. The van der Waals surface area contributed by atoms with Crippen molar-refractivity contribution in [3.8, 4) is 5.75 Å². The van der Waals surface area contributed by atoms with Gasteiger partial charge in [0.05, 0.1) is 24.0 Å². The van der Waals surface area contributed by atoms with Gasteiger partial charge in [0.25, 0.3) is 0 Å². The standard InChI is InChI=1S/C20H25N7O/c1-25(16-5-12-28-17-3-2-6-22-19(16)17)13-15-14-27-18(24-15)4-7-23-20(27)26-10-8-21-9-11-26/h2-4,6-7,14,16,21H,5,8-13H2,1H3/t16-/m0/s1. The van der Waals surface area contributed by atoms with Gasteiger partial charge < -0.3 is 15.0 Å². The van der Waals surface area contributed by atoms with E-state index in [4.69, 9.17) is 9.72 Å². The summed E-state index contributed by atoms with van der Waals surface area (Å²) in [6.07, 6.45) is 6.74. The molecule has 0 amide bonds. The maximum atomic E-state index is 5.76. The molecule has 0 radical (unpaired) electrons. The first-order valence-corrected chi connectivity index (χ1v) is 9.86. The van der Waals surface area contributed by atoms with Crippen LogP contribution in [0, 0.1) is 0 Å². The number of ether oxygens (including phenoxy) is 1. The Bertz CT molecular complexity index is 966. The van der Waals surface area contributed by atoms with Crippen LogP contribution in [0.15, 0.2) is 36.8 Å². The van der Waals surface area contributed by atoms with Crippen molar-refractivity contribution in [2.45, 2.75) is 19.0 Å². The molecule has 1 fully saturated rings. The third-order valence-corrected chi connectivity index (χ3v) is 5.52. The molecule has 8 nitrogen and oxygen atoms in total. The first-order valence-electron chi connectivity index (χ1n) is 9.86. The highest BCUT2D eigenvalue weighted by Crippen LogP contribution is 2.34. The predicted molar refractivity (Wildman–Crippen MR) is 107 cm³/mol. The van der Waals surface area contributed by atoms with Crippen molar-refractivity contribution in [1.82, 2.24) is 29.6 Å². The lowest BCUT2D eigenvalue weighted by molar-refractivity contribution is 0.155. The lowest BCUT2D eigenvalue weighted by Gasteiger charge is -2.31. The number of anilines is 1. The Morgan fingerprint density at radius 2 is 2.11 bits per heavy atom. The Balaban J connectivity index is 1.40. The van der Waals surface area contributed by atoms with Crippen molar-refractivity contribution >= 4 is 11.6 Å². The summed E-state index contributed by atoms with van der Waals surface area (Å²) in [7, 11) is 2.13. The molecule has 0 aromatic carbocycles. The Morgan fingerprint density at radius 1 is 1.21 bits per heavy atom. The van der Waals surface area contributed by atoms with Crippen molar-refractivity contribution in [2.24, 2.45) is 0 Å². The van der Waals surface area contributed by atoms with Gasteiger partial charge in [0.2, 0.25) is 5.95 Å². The van der Waals surface area contributed by atoms with Crippen LogP contribution in [0.2, 0.25) is 0 Å². The summed E-state index contributed by atoms with van der Waals surface area (Å²) in [5.74, 6) is 1.87. The normalized spacial score (nSPS) is 19.6. The maximum Gasteiger partial charge on any atom is 0.211 e. The first kappa shape index (κ1) is 17.4. The first-order chi connectivity index (χ1) is 13.8. The van der Waals surface area contributed by atoms with Crippen molar-refractivity contribution < 1.29 is 4.74 Å². The van der Waals surface area contributed by atoms with Gasteiger partial charge in [-0.25, -0.2) is 9.97 Å². The van der Waals surface area contributed by atoms with Gasteiger partial charge in [-0.2, -0.15) is 0 Å². The van der Waals surface area contributed by atoms with E-state index in [2.05, 4.69) is 42.7 Å². The Kier molecular flexibility index (Phi) is 4.58. The SMILES string of the molecule is CN(Cc1cn2c(N3CCNCC3)nccc2n1)[C@H]1CCOc2cccnc21. The highest BCUT2D eigenvalue weighted by Gasteiger charge is 2.27. The van der Waals surface area contributed by atoms with Crippen LogP contribution in [-0.4, -0.2) is 64.1 Å². The topological polar surface area (TPSA) is 70.8 Å². The highest BCUT2D eigenvalue weighted by molar-refractivity contribution is 5.48. The van der Waals surface area contributed by atoms with E-state index in [0.717, 1.165) is 74.5 Å². The monoisotopic (exact) mass is 379 g/mol. The zero-order chi connectivity index (χ0) is 18.9. The summed E-state index contributed by atoms with van der Waals surface area (Å²) in [5, 5.41) is 3.39. The minimum Gasteiger partial charge on any atom is -0.492 e. The second-order valence-electron chi connectivity index (χ2n) is 7.40. The van der Waals surface area contributed by atoms with Crippen molar-refractivity contribution in [3.05, 3.63) is 48.2 Å². The molecule has 3 aromatic heterocycles. The molecule has 5 heterocycles. The largest absolute Gasteiger partial charge is 0.492 e. The maximum absolute atomic E-state index is 5.76. The number of aromatic nitrogens is 4. The van der Waals surface area contributed by atoms with Crippen LogP contribution < -0.4 is 15.0 Å². The minimum absolute atomic E-state index is 0.237. The van der Waals surface area contributed by atoms with E-state index >= 15 is 0 Å². The fraction of sp³-hybridized carbons (Fsp3) is 0.450. The number of nitrogens with one attached hydrogen (secondary N) is 1. The van der Waals surface area contributed by atoms with Crippen molar-refractivity contribution in [1.29, 1.82) is 0 Å². The molecule has 8 heteroatoms. The summed E-state index contributed by atoms with van der Waals surface area (Å²) in [6, 6.07) is 6.13. The molecule has 0 saturated carbocycles. The molecule has 0 aliphatic carbocycles. The van der Waals surface area contributed by atoms with E-state index in [1.54, 1.807) is 0 Å². The summed E-state index contributed by atoms with van der Waals surface area (Å²) in [4.78, 5) is 18.7. The van der Waals surface area contributed by atoms with Crippen LogP contribution in [0.1, 0.15) is 23.9 Å². The molecule has 2 aliphatic rings. The predicted octanol–water partition coefficient (Wildman–Crippen LogP) is 1.49. The molecule has 1 N–H and O–H groups in total. The van der Waals surface area contributed by atoms with Crippen LogP contribution >= 0.6 is 0 Å². The van der Waals surface area contributed by atoms with Crippen LogP contribution in [-0.2, 0) is 6.54 Å². The van der Waals surface area contributed by atoms with Gasteiger partial charge >= 0.3 is 0 Å². The zero-order valence-electron chi connectivity index (χ0n) is 16.1. The number of piperazine rings is 1. The van der Waals surface area contributed by atoms with Gasteiger partial charge in [-0.3, -0.25) is 14.3 Å². The fourth-order valence-electron chi connectivity index (χ4n) is 4.12. The Labute approximate surface area is 164 Å². The molecule has 0 bridgehead atoms. The number of hydrogen-bond donors (Lipinski definition) is 1. The lowest BCUT2D eigenvalue weighted by Crippen LogP contribution is -2.44. The minimum atomic E-state index is 0.237. The van der Waals surface area contributed by atoms with Gasteiger partial charge in [-0.1, -0.05) is 0 Å². The molecular weight excluding hydrogens is 354 g/mol. The third-order valence-electron chi connectivity index (χ3n) is 5.52. The average Bonchev–Trinajstić information content (AvgIpc) is 3.16. The number of nitrogens with zero attached hydrogens (tertiary/aromatic N) is 6. The molecule has 1 atom stereocenters. The second kappa shape index (κ2) is 7.37. The summed E-state index contributed by atoms with van der Waals surface area (Å²) in [6.45, 7) is 5.37. The molecule has 0 unspecified atom stereocenters. The van der Waals surface area contributed by atoms with Gasteiger partial charge in [0.15, 0.2) is 0 Å². The van der Waals surface area contributed by atoms with Crippen LogP contribution in [0.5, 0.6) is 5.75 Å². The van der Waals surface area contributed by atoms with Gasteiger partial charge in [-0.05, 0) is 25.2 Å². The molecule has 3 aromatic rings. The number of pyridine rings is 1. The quantitative estimate of drug-likeness (QED) is 0.736. The van der Waals surface area contributed by atoms with E-state index in [9.17, 15) is 0 Å². The number of imidazole rings is 1. The molecule has 0 spiro atoms. The zero-order valence-corrected chi connectivity index (χ0v) is 16.1. The molecule has 1 saturated heterocycles. The highest BCUT2D eigenvalue weighted by atomic mass is 16.5. The number of rotatable bonds is 4. The van der Waals surface area contributed by atoms with Crippen LogP contribution in [0.4, 0.5) is 5.95 Å². The summed E-state index contributed by atoms with van der Waals surface area (Å²) in [5.41, 5.74) is 3.00. The molecule has 28 heavy (non-hydrogen) atoms. The van der Waals surface area contributed by atoms with E-state index in [1.165, 1.54) is 0 Å². The van der Waals surface area contributed by atoms with Crippen LogP contribution in [0.25, 0.3) is 5.65 Å². The van der Waals surface area contributed by atoms with Crippen molar-refractivity contribution in [2.75, 3.05) is 44.7 Å². The summed E-state index contributed by atoms with van der Waals surface area (Å²) < 4.78 is 7.87. The second-order valence-corrected chi connectivity index (χ2v) is 7.40. The Morgan fingerprint density at radius 3 is 3.00 bits per heavy atom. The van der Waals surface area contributed by atoms with Gasteiger partial charge in [-0.15, -0.1) is 0 Å².